The summed E-state index contributed by atoms with van der Waals surface area (Å²) in [5, 5.41) is -0.266. The first-order valence-corrected chi connectivity index (χ1v) is 10.5. The topological polar surface area (TPSA) is 46.6 Å². The van der Waals surface area contributed by atoms with Gasteiger partial charge in [-0.2, -0.15) is 0 Å². The summed E-state index contributed by atoms with van der Waals surface area (Å²) in [4.78, 5) is 26.6. The van der Waals surface area contributed by atoms with Crippen molar-refractivity contribution in [3.8, 4) is 18.1 Å². The Kier molecular flexibility index (Phi) is 6.63. The molecule has 136 valence electrons. The number of benzene rings is 2. The highest BCUT2D eigenvalue weighted by molar-refractivity contribution is 14.1. The van der Waals surface area contributed by atoms with Crippen molar-refractivity contribution in [2.75, 3.05) is 6.61 Å². The summed E-state index contributed by atoms with van der Waals surface area (Å²) >= 11 is 6.47. The van der Waals surface area contributed by atoms with Gasteiger partial charge in [0.1, 0.15) is 12.4 Å². The molecule has 1 heterocycles. The molecule has 2 amide bonds. The molecule has 7 heteroatoms. The molecule has 0 saturated carbocycles. The van der Waals surface area contributed by atoms with Crippen LogP contribution in [0.2, 0.25) is 0 Å². The number of ether oxygens (including phenoxy) is 1. The summed E-state index contributed by atoms with van der Waals surface area (Å²) in [6, 6.07) is 13.1. The van der Waals surface area contributed by atoms with Gasteiger partial charge in [0.25, 0.3) is 11.1 Å². The number of imide groups is 1. The van der Waals surface area contributed by atoms with Crippen LogP contribution < -0.4 is 4.74 Å². The Bertz CT molecular complexity index is 966. The molecule has 2 aromatic rings. The van der Waals surface area contributed by atoms with Crippen molar-refractivity contribution < 1.29 is 14.3 Å². The van der Waals surface area contributed by atoms with Crippen LogP contribution in [0.25, 0.3) is 6.08 Å². The fraction of sp³-hybridized carbons (Fsp3) is 0.100. The number of carbonyl (C=O) groups is 2. The molecule has 1 aliphatic heterocycles. The van der Waals surface area contributed by atoms with Crippen molar-refractivity contribution in [2.24, 2.45) is 0 Å². The third-order valence-electron chi connectivity index (χ3n) is 3.69. The van der Waals surface area contributed by atoms with Crippen LogP contribution in [0.4, 0.5) is 4.79 Å². The van der Waals surface area contributed by atoms with Crippen molar-refractivity contribution in [3.63, 3.8) is 0 Å². The number of hydrogen-bond donors (Lipinski definition) is 0. The lowest BCUT2D eigenvalue weighted by Gasteiger charge is -2.12. The van der Waals surface area contributed by atoms with Crippen molar-refractivity contribution in [2.45, 2.75) is 6.54 Å². The van der Waals surface area contributed by atoms with Crippen molar-refractivity contribution >= 4 is 67.5 Å². The molecule has 4 nitrogen and oxygen atoms in total. The van der Waals surface area contributed by atoms with E-state index in [0.29, 0.717) is 10.7 Å². The fourth-order valence-corrected chi connectivity index (χ4v) is 4.20. The molecule has 0 spiro atoms. The molecular formula is C20H13BrINO3S. The van der Waals surface area contributed by atoms with Crippen LogP contribution in [0.15, 0.2) is 51.8 Å². The van der Waals surface area contributed by atoms with Gasteiger partial charge in [0.05, 0.1) is 15.0 Å². The number of halogens is 2. The molecule has 2 aromatic carbocycles. The molecule has 0 bridgehead atoms. The SMILES string of the molecule is C#CCOc1ccc(/C=C2\SC(=O)N(Cc3ccc(Br)cc3)C2=O)cc1I. The van der Waals surface area contributed by atoms with E-state index in [-0.39, 0.29) is 24.3 Å². The quantitative estimate of drug-likeness (QED) is 0.286. The van der Waals surface area contributed by atoms with Gasteiger partial charge in [0.2, 0.25) is 0 Å². The molecule has 0 atom stereocenters. The van der Waals surface area contributed by atoms with Gasteiger partial charge in [-0.25, -0.2) is 0 Å². The van der Waals surface area contributed by atoms with Crippen molar-refractivity contribution in [1.29, 1.82) is 0 Å². The predicted octanol–water partition coefficient (Wildman–Crippen LogP) is 5.30. The summed E-state index contributed by atoms with van der Waals surface area (Å²) in [6.07, 6.45) is 6.92. The van der Waals surface area contributed by atoms with Gasteiger partial charge >= 0.3 is 0 Å². The first-order valence-electron chi connectivity index (χ1n) is 7.83. The summed E-state index contributed by atoms with van der Waals surface area (Å²) in [5.74, 6) is 2.83. The zero-order valence-corrected chi connectivity index (χ0v) is 18.5. The zero-order valence-electron chi connectivity index (χ0n) is 13.9. The largest absolute Gasteiger partial charge is 0.480 e. The highest BCUT2D eigenvalue weighted by Gasteiger charge is 2.34. The number of hydrogen-bond acceptors (Lipinski definition) is 4. The van der Waals surface area contributed by atoms with E-state index in [0.717, 1.165) is 30.9 Å². The van der Waals surface area contributed by atoms with Crippen molar-refractivity contribution in [1.82, 2.24) is 4.90 Å². The standard InChI is InChI=1S/C20H13BrINO3S/c1-2-9-26-17-8-5-14(10-16(17)22)11-18-19(24)23(20(25)27-18)12-13-3-6-15(21)7-4-13/h1,3-8,10-11H,9,12H2/b18-11-. The van der Waals surface area contributed by atoms with E-state index >= 15 is 0 Å². The first-order chi connectivity index (χ1) is 13.0. The van der Waals surface area contributed by atoms with E-state index in [1.54, 1.807) is 12.1 Å². The normalized spacial score (nSPS) is 15.3. The number of rotatable bonds is 5. The minimum absolute atomic E-state index is 0.199. The van der Waals surface area contributed by atoms with Crippen LogP contribution in [-0.2, 0) is 11.3 Å². The Hall–Kier alpha value is -1.76. The van der Waals surface area contributed by atoms with E-state index in [9.17, 15) is 9.59 Å². The van der Waals surface area contributed by atoms with E-state index in [1.807, 2.05) is 36.4 Å². The minimum atomic E-state index is -0.282. The predicted molar refractivity (Wildman–Crippen MR) is 119 cm³/mol. The Labute approximate surface area is 183 Å². The third kappa shape index (κ3) is 4.94. The average Bonchev–Trinajstić information content (AvgIpc) is 2.90. The molecule has 0 aliphatic carbocycles. The maximum absolute atomic E-state index is 12.6. The van der Waals surface area contributed by atoms with E-state index in [2.05, 4.69) is 44.4 Å². The van der Waals surface area contributed by atoms with Crippen LogP contribution in [0.1, 0.15) is 11.1 Å². The molecule has 3 rings (SSSR count). The molecule has 27 heavy (non-hydrogen) atoms. The van der Waals surface area contributed by atoms with Gasteiger partial charge in [0.15, 0.2) is 0 Å². The second kappa shape index (κ2) is 8.95. The number of terminal acetylenes is 1. The second-order valence-corrected chi connectivity index (χ2v) is 8.65. The Morgan fingerprint density at radius 1 is 1.22 bits per heavy atom. The van der Waals surface area contributed by atoms with Gasteiger partial charge in [0, 0.05) is 4.47 Å². The van der Waals surface area contributed by atoms with Crippen LogP contribution in [-0.4, -0.2) is 22.7 Å². The fourth-order valence-electron chi connectivity index (χ4n) is 2.40. The van der Waals surface area contributed by atoms with Gasteiger partial charge in [-0.05, 0) is 75.8 Å². The summed E-state index contributed by atoms with van der Waals surface area (Å²) < 4.78 is 7.27. The zero-order chi connectivity index (χ0) is 19.4. The lowest BCUT2D eigenvalue weighted by Crippen LogP contribution is -2.27. The Morgan fingerprint density at radius 3 is 2.63 bits per heavy atom. The first kappa shape index (κ1) is 20.0. The second-order valence-electron chi connectivity index (χ2n) is 5.58. The molecule has 0 radical (unpaired) electrons. The summed E-state index contributed by atoms with van der Waals surface area (Å²) in [6.45, 7) is 0.454. The lowest BCUT2D eigenvalue weighted by atomic mass is 10.2. The molecule has 1 saturated heterocycles. The Balaban J connectivity index is 1.76. The number of thioether (sulfide) groups is 1. The monoisotopic (exact) mass is 553 g/mol. The smallest absolute Gasteiger partial charge is 0.293 e. The molecule has 1 aliphatic rings. The van der Waals surface area contributed by atoms with Gasteiger partial charge in [-0.3, -0.25) is 14.5 Å². The van der Waals surface area contributed by atoms with Crippen LogP contribution >= 0.6 is 50.3 Å². The average molecular weight is 554 g/mol. The maximum atomic E-state index is 12.6. The van der Waals surface area contributed by atoms with Crippen LogP contribution in [0, 0.1) is 15.9 Å². The summed E-state index contributed by atoms with van der Waals surface area (Å²) in [7, 11) is 0. The van der Waals surface area contributed by atoms with E-state index in [1.165, 1.54) is 4.90 Å². The van der Waals surface area contributed by atoms with Gasteiger partial charge < -0.3 is 4.74 Å². The maximum Gasteiger partial charge on any atom is 0.293 e. The molecule has 1 fully saturated rings. The minimum Gasteiger partial charge on any atom is -0.480 e. The van der Waals surface area contributed by atoms with E-state index in [4.69, 9.17) is 11.2 Å². The van der Waals surface area contributed by atoms with Crippen LogP contribution in [0.3, 0.4) is 0 Å². The number of nitrogens with zero attached hydrogens (tertiary/aromatic N) is 1. The van der Waals surface area contributed by atoms with Crippen LogP contribution in [0.5, 0.6) is 5.75 Å². The van der Waals surface area contributed by atoms with Gasteiger partial charge in [-0.15, -0.1) is 6.42 Å². The van der Waals surface area contributed by atoms with Crippen molar-refractivity contribution in [3.05, 3.63) is 66.5 Å². The highest BCUT2D eigenvalue weighted by atomic mass is 127. The van der Waals surface area contributed by atoms with Gasteiger partial charge in [-0.1, -0.05) is 40.0 Å². The highest BCUT2D eigenvalue weighted by Crippen LogP contribution is 2.34. The number of amides is 2. The van der Waals surface area contributed by atoms with E-state index < -0.39 is 0 Å². The number of carbonyl (C=O) groups excluding carboxylic acids is 2. The molecule has 0 unspecified atom stereocenters. The lowest BCUT2D eigenvalue weighted by molar-refractivity contribution is -0.123. The molecule has 0 N–H and O–H groups in total. The third-order valence-corrected chi connectivity index (χ3v) is 5.97. The Morgan fingerprint density at radius 2 is 1.96 bits per heavy atom. The molecule has 0 aromatic heterocycles. The molecular weight excluding hydrogens is 541 g/mol. The summed E-state index contributed by atoms with van der Waals surface area (Å²) in [5.41, 5.74) is 1.72.